The van der Waals surface area contributed by atoms with Gasteiger partial charge in [0, 0.05) is 20.0 Å². The van der Waals surface area contributed by atoms with E-state index in [0.29, 0.717) is 0 Å². The van der Waals surface area contributed by atoms with Crippen molar-refractivity contribution in [1.82, 2.24) is 0 Å². The van der Waals surface area contributed by atoms with E-state index in [1.165, 1.54) is 20.1 Å². The van der Waals surface area contributed by atoms with E-state index in [1.807, 2.05) is 0 Å². The molecule has 1 aromatic heterocycles. The molecule has 1 heterocycles. The van der Waals surface area contributed by atoms with E-state index in [-0.39, 0.29) is 37.7 Å². The minimum Gasteiger partial charge on any atom is -0.381 e. The number of ether oxygens (including phenoxy) is 1. The van der Waals surface area contributed by atoms with Crippen molar-refractivity contribution in [3.63, 3.8) is 0 Å². The average Bonchev–Trinajstić information content (AvgIpc) is 2.80. The van der Waals surface area contributed by atoms with E-state index in [9.17, 15) is 13.2 Å². The van der Waals surface area contributed by atoms with Crippen molar-refractivity contribution in [3.05, 3.63) is 17.5 Å². The van der Waals surface area contributed by atoms with Gasteiger partial charge in [-0.2, -0.15) is 0 Å². The molecule has 21 heavy (non-hydrogen) atoms. The number of alkyl halides is 2. The van der Waals surface area contributed by atoms with Gasteiger partial charge in [0.05, 0.1) is 6.10 Å². The zero-order valence-corrected chi connectivity index (χ0v) is 13.6. The van der Waals surface area contributed by atoms with Gasteiger partial charge in [-0.15, -0.1) is 11.3 Å². The fraction of sp³-hybridized carbons (Fsp3) is 0.615. The summed E-state index contributed by atoms with van der Waals surface area (Å²) in [5, 5.41) is 1.63. The topological polar surface area (TPSA) is 60.4 Å². The van der Waals surface area contributed by atoms with E-state index in [0.717, 1.165) is 11.3 Å². The summed E-state index contributed by atoms with van der Waals surface area (Å²) in [5.41, 5.74) is 0. The van der Waals surface area contributed by atoms with Gasteiger partial charge < -0.3 is 4.74 Å². The molecule has 1 aromatic rings. The van der Waals surface area contributed by atoms with Crippen LogP contribution in [0.15, 0.2) is 21.7 Å². The van der Waals surface area contributed by atoms with Crippen molar-refractivity contribution >= 4 is 50.2 Å². The normalized spacial score (nSPS) is 13.0. The Kier molecular flexibility index (Phi) is 10.0. The molecule has 0 amide bonds. The number of sulfone groups is 1. The molecule has 0 fully saturated rings. The van der Waals surface area contributed by atoms with Gasteiger partial charge in [0.15, 0.2) is 0 Å². The third kappa shape index (κ3) is 5.87. The zero-order chi connectivity index (χ0) is 14.7. The molecule has 0 spiro atoms. The summed E-state index contributed by atoms with van der Waals surface area (Å²) < 4.78 is 27.6. The first kappa shape index (κ1) is 23.1. The van der Waals surface area contributed by atoms with Crippen molar-refractivity contribution in [2.75, 3.05) is 7.11 Å². The van der Waals surface area contributed by atoms with Crippen molar-refractivity contribution in [2.45, 2.75) is 48.6 Å². The Labute approximate surface area is 141 Å². The molecule has 0 saturated carbocycles. The molecule has 0 aliphatic rings. The number of carbonyl (C=O) groups excluding carboxylic acids is 1. The number of hydrogen-bond donors (Lipinski definition) is 0. The van der Waals surface area contributed by atoms with Crippen LogP contribution in [0, 0.1) is 0 Å². The molecule has 124 valence electrons. The Morgan fingerprint density at radius 2 is 2.00 bits per heavy atom. The molecular weight excluding hydrogens is 355 g/mol. The van der Waals surface area contributed by atoms with Crippen molar-refractivity contribution in [1.29, 1.82) is 0 Å². The molecule has 0 aliphatic carbocycles. The first-order valence-electron chi connectivity index (χ1n) is 5.39. The molecule has 0 saturated heterocycles. The number of rotatable bonds is 7. The van der Waals surface area contributed by atoms with Crippen LogP contribution in [-0.2, 0) is 19.4 Å². The molecule has 1 unspecified atom stereocenters. The minimum absolute atomic E-state index is 0. The summed E-state index contributed by atoms with van der Waals surface area (Å²) in [4.78, 5) is 11.1. The SMILES string of the molecule is C.C.COC(CC(C)=O)CC(Cl)(Cl)S(=O)(=O)c1cccs1. The van der Waals surface area contributed by atoms with Crippen molar-refractivity contribution in [2.24, 2.45) is 0 Å². The lowest BCUT2D eigenvalue weighted by Gasteiger charge is -2.23. The molecule has 1 atom stereocenters. The van der Waals surface area contributed by atoms with E-state index in [1.54, 1.807) is 11.4 Å². The fourth-order valence-corrected chi connectivity index (χ4v) is 5.12. The monoisotopic (exact) mass is 376 g/mol. The second-order valence-corrected chi connectivity index (χ2v) is 9.32. The number of hydrogen-bond acceptors (Lipinski definition) is 5. The van der Waals surface area contributed by atoms with Crippen molar-refractivity contribution in [3.8, 4) is 0 Å². The van der Waals surface area contributed by atoms with Crippen LogP contribution in [0.1, 0.15) is 34.6 Å². The Hall–Kier alpha value is -0.140. The second kappa shape index (κ2) is 9.10. The Balaban J connectivity index is 0. The summed E-state index contributed by atoms with van der Waals surface area (Å²) in [5.74, 6) is -0.121. The minimum atomic E-state index is -3.88. The highest BCUT2D eigenvalue weighted by Gasteiger charge is 2.44. The number of carbonyl (C=O) groups is 1. The summed E-state index contributed by atoms with van der Waals surface area (Å²) >= 11 is 13.0. The molecule has 4 nitrogen and oxygen atoms in total. The maximum Gasteiger partial charge on any atom is 0.225 e. The highest BCUT2D eigenvalue weighted by atomic mass is 35.5. The van der Waals surface area contributed by atoms with Gasteiger partial charge in [0.25, 0.3) is 0 Å². The van der Waals surface area contributed by atoms with Gasteiger partial charge in [-0.3, -0.25) is 4.79 Å². The number of halogens is 2. The second-order valence-electron chi connectivity index (χ2n) is 4.04. The fourth-order valence-electron chi connectivity index (χ4n) is 1.50. The third-order valence-corrected chi connectivity index (χ3v) is 7.22. The standard InChI is InChI=1S/C11H14Cl2O4S2.2CH4/c1-8(14)6-9(17-2)7-11(12,13)19(15,16)10-4-3-5-18-10;;/h3-5,9H,6-7H2,1-2H3;2*1H4. The first-order chi connectivity index (χ1) is 8.70. The lowest BCUT2D eigenvalue weighted by atomic mass is 10.1. The Bertz CT molecular complexity index is 524. The average molecular weight is 377 g/mol. The van der Waals surface area contributed by atoms with Gasteiger partial charge in [0.2, 0.25) is 13.5 Å². The highest BCUT2D eigenvalue weighted by Crippen LogP contribution is 2.40. The maximum atomic E-state index is 12.3. The van der Waals surface area contributed by atoms with E-state index >= 15 is 0 Å². The van der Waals surface area contributed by atoms with Crippen LogP contribution >= 0.6 is 34.5 Å². The van der Waals surface area contributed by atoms with Gasteiger partial charge in [0.1, 0.15) is 9.99 Å². The van der Waals surface area contributed by atoms with Gasteiger partial charge in [-0.05, 0) is 18.4 Å². The molecule has 0 bridgehead atoms. The first-order valence-corrected chi connectivity index (χ1v) is 8.51. The van der Waals surface area contributed by atoms with Crippen LogP contribution < -0.4 is 0 Å². The molecular formula is C13H22Cl2O4S2. The number of Topliss-reactive ketones (excluding diaryl/α,β-unsaturated/α-hetero) is 1. The maximum absolute atomic E-state index is 12.3. The quantitative estimate of drug-likeness (QED) is 0.665. The van der Waals surface area contributed by atoms with Crippen LogP contribution in [0.5, 0.6) is 0 Å². The number of methoxy groups -OCH3 is 1. The van der Waals surface area contributed by atoms with E-state index < -0.39 is 19.6 Å². The Morgan fingerprint density at radius 1 is 1.43 bits per heavy atom. The highest BCUT2D eigenvalue weighted by molar-refractivity contribution is 7.97. The zero-order valence-electron chi connectivity index (χ0n) is 10.4. The summed E-state index contributed by atoms with van der Waals surface area (Å²) in [6.07, 6.45) is -0.744. The van der Waals surface area contributed by atoms with Crippen molar-refractivity contribution < 1.29 is 17.9 Å². The lowest BCUT2D eigenvalue weighted by Crippen LogP contribution is -2.32. The number of ketones is 1. The smallest absolute Gasteiger partial charge is 0.225 e. The van der Waals surface area contributed by atoms with Gasteiger partial charge >= 0.3 is 0 Å². The molecule has 0 aromatic carbocycles. The Morgan fingerprint density at radius 3 is 2.38 bits per heavy atom. The van der Waals surface area contributed by atoms with Gasteiger partial charge in [-0.1, -0.05) is 44.1 Å². The van der Waals surface area contributed by atoms with Crippen LogP contribution in [0.3, 0.4) is 0 Å². The lowest BCUT2D eigenvalue weighted by molar-refractivity contribution is -0.119. The van der Waals surface area contributed by atoms with Crippen LogP contribution in [0.25, 0.3) is 0 Å². The summed E-state index contributed by atoms with van der Waals surface area (Å²) in [6, 6.07) is 3.04. The number of thiophene rings is 1. The van der Waals surface area contributed by atoms with Crippen LogP contribution in [-0.4, -0.2) is 31.1 Å². The van der Waals surface area contributed by atoms with Gasteiger partial charge in [-0.25, -0.2) is 8.42 Å². The van der Waals surface area contributed by atoms with E-state index in [2.05, 4.69) is 0 Å². The molecule has 0 N–H and O–H groups in total. The predicted octanol–water partition coefficient (Wildman–Crippen LogP) is 4.31. The van der Waals surface area contributed by atoms with E-state index in [4.69, 9.17) is 27.9 Å². The molecule has 0 aliphatic heterocycles. The summed E-state index contributed by atoms with van der Waals surface area (Å²) in [6.45, 7) is 1.39. The van der Waals surface area contributed by atoms with Crippen LogP contribution in [0.2, 0.25) is 0 Å². The third-order valence-electron chi connectivity index (χ3n) is 2.47. The van der Waals surface area contributed by atoms with Crippen LogP contribution in [0.4, 0.5) is 0 Å². The molecule has 8 heteroatoms. The predicted molar refractivity (Wildman–Crippen MR) is 90.1 cm³/mol. The summed E-state index contributed by atoms with van der Waals surface area (Å²) in [7, 11) is -2.49. The molecule has 1 rings (SSSR count). The largest absolute Gasteiger partial charge is 0.381 e. The molecule has 0 radical (unpaired) electrons.